The molecular weight excluding hydrogens is 476 g/mol. The quantitative estimate of drug-likeness (QED) is 0.221. The van der Waals surface area contributed by atoms with Crippen LogP contribution in [-0.2, 0) is 37.9 Å². The number of carbonyl (C=O) groups is 1. The number of ether oxygens (including phenoxy) is 2. The smallest absolute Gasteiger partial charge is 0.279 e. The molecule has 0 radical (unpaired) electrons. The first-order valence-corrected chi connectivity index (χ1v) is 12.2. The zero-order chi connectivity index (χ0) is 25.3. The molecule has 13 heteroatoms. The summed E-state index contributed by atoms with van der Waals surface area (Å²) in [5.74, 6) is -0.213. The Hall–Kier alpha value is -3.84. The van der Waals surface area contributed by atoms with E-state index in [1.54, 1.807) is 24.0 Å². The Morgan fingerprint density at radius 1 is 1.11 bits per heavy atom. The summed E-state index contributed by atoms with van der Waals surface area (Å²) in [5, 5.41) is 10.8. The molecular formula is C22H26N6O6S. The molecule has 3 rings (SSSR count). The van der Waals surface area contributed by atoms with Crippen molar-refractivity contribution in [3.63, 3.8) is 0 Å². The van der Waals surface area contributed by atoms with Crippen LogP contribution in [0.1, 0.15) is 17.7 Å². The van der Waals surface area contributed by atoms with Gasteiger partial charge in [-0.05, 0) is 24.6 Å². The van der Waals surface area contributed by atoms with Crippen LogP contribution in [0.4, 0.5) is 5.82 Å². The Bertz CT molecular complexity index is 1260. The molecule has 2 heterocycles. The van der Waals surface area contributed by atoms with Crippen LogP contribution < -0.4 is 10.1 Å². The fraction of sp³-hybridized carbons (Fsp3) is 0.318. The van der Waals surface area contributed by atoms with Crippen molar-refractivity contribution in [2.45, 2.75) is 17.9 Å². The van der Waals surface area contributed by atoms with E-state index in [1.807, 2.05) is 0 Å². The summed E-state index contributed by atoms with van der Waals surface area (Å²) in [5.41, 5.74) is 0.886. The topological polar surface area (TPSA) is 147 Å². The number of hydrogen-bond donors (Lipinski definition) is 1. The van der Waals surface area contributed by atoms with Gasteiger partial charge in [0.15, 0.2) is 28.0 Å². The summed E-state index contributed by atoms with van der Waals surface area (Å²) >= 11 is 0. The molecule has 0 unspecified atom stereocenters. The largest absolute Gasteiger partial charge is 0.480 e. The Morgan fingerprint density at radius 3 is 2.49 bits per heavy atom. The van der Waals surface area contributed by atoms with Crippen LogP contribution in [0.25, 0.3) is 0 Å². The molecule has 0 fully saturated rings. The van der Waals surface area contributed by atoms with Crippen molar-refractivity contribution < 1.29 is 27.5 Å². The highest BCUT2D eigenvalue weighted by molar-refractivity contribution is 7.91. The van der Waals surface area contributed by atoms with Crippen LogP contribution in [0.3, 0.4) is 0 Å². The van der Waals surface area contributed by atoms with Gasteiger partial charge in [-0.1, -0.05) is 17.3 Å². The molecule has 0 saturated heterocycles. The van der Waals surface area contributed by atoms with Crippen LogP contribution in [0.2, 0.25) is 0 Å². The summed E-state index contributed by atoms with van der Waals surface area (Å²) in [4.78, 5) is 26.6. The van der Waals surface area contributed by atoms with Gasteiger partial charge in [0.1, 0.15) is 5.69 Å². The first-order chi connectivity index (χ1) is 16.8. The molecule has 0 aliphatic rings. The number of benzene rings is 1. The van der Waals surface area contributed by atoms with Crippen LogP contribution in [0, 0.1) is 0 Å². The number of hydrogen-bond acceptors (Lipinski definition) is 10. The normalized spacial score (nSPS) is 11.8. The third kappa shape index (κ3) is 7.32. The predicted octanol–water partition coefficient (Wildman–Crippen LogP) is 1.59. The predicted molar refractivity (Wildman–Crippen MR) is 127 cm³/mol. The minimum Gasteiger partial charge on any atom is -0.480 e. The monoisotopic (exact) mass is 502 g/mol. The number of aromatic nitrogens is 4. The van der Waals surface area contributed by atoms with Gasteiger partial charge in [0, 0.05) is 32.5 Å². The molecule has 3 aromatic rings. The van der Waals surface area contributed by atoms with E-state index in [-0.39, 0.29) is 34.7 Å². The average molecular weight is 503 g/mol. The van der Waals surface area contributed by atoms with Gasteiger partial charge in [-0.15, -0.1) is 0 Å². The number of nitrogens with zero attached hydrogens (tertiary/aromatic N) is 5. The van der Waals surface area contributed by atoms with E-state index in [2.05, 4.69) is 25.5 Å². The molecule has 2 aromatic heterocycles. The fourth-order valence-corrected chi connectivity index (χ4v) is 4.21. The van der Waals surface area contributed by atoms with Crippen molar-refractivity contribution >= 4 is 27.3 Å². The van der Waals surface area contributed by atoms with Crippen LogP contribution in [-0.4, -0.2) is 66.4 Å². The minimum atomic E-state index is -3.49. The molecule has 12 nitrogen and oxygen atoms in total. The molecule has 0 bridgehead atoms. The SMILES string of the molecule is COCCCS(=O)(=O)c1ccc(C(=NOCc2ccn(C)n2)C(=O)Nc2cnc(OC)cn2)cc1. The first-order valence-electron chi connectivity index (χ1n) is 10.5. The van der Waals surface area contributed by atoms with Crippen molar-refractivity contribution in [2.24, 2.45) is 12.2 Å². The second-order valence-electron chi connectivity index (χ2n) is 7.28. The number of amides is 1. The summed E-state index contributed by atoms with van der Waals surface area (Å²) in [6.07, 6.45) is 4.82. The molecule has 186 valence electrons. The third-order valence-electron chi connectivity index (χ3n) is 4.68. The Kier molecular flexibility index (Phi) is 8.86. The van der Waals surface area contributed by atoms with Crippen molar-refractivity contribution in [3.8, 4) is 5.88 Å². The Morgan fingerprint density at radius 2 is 1.89 bits per heavy atom. The Labute approximate surface area is 202 Å². The van der Waals surface area contributed by atoms with E-state index in [9.17, 15) is 13.2 Å². The third-order valence-corrected chi connectivity index (χ3v) is 6.50. The van der Waals surface area contributed by atoms with Crippen molar-refractivity contribution in [3.05, 3.63) is 60.2 Å². The number of aryl methyl sites for hydroxylation is 1. The summed E-state index contributed by atoms with van der Waals surface area (Å²) in [7, 11) is 1.24. The maximum absolute atomic E-state index is 13.0. The molecule has 35 heavy (non-hydrogen) atoms. The second-order valence-corrected chi connectivity index (χ2v) is 9.39. The molecule has 0 spiro atoms. The zero-order valence-electron chi connectivity index (χ0n) is 19.5. The van der Waals surface area contributed by atoms with Gasteiger partial charge >= 0.3 is 0 Å². The number of oxime groups is 1. The van der Waals surface area contributed by atoms with E-state index in [0.717, 1.165) is 0 Å². The lowest BCUT2D eigenvalue weighted by Gasteiger charge is -2.09. The lowest BCUT2D eigenvalue weighted by atomic mass is 10.1. The summed E-state index contributed by atoms with van der Waals surface area (Å²) in [6, 6.07) is 7.58. The van der Waals surface area contributed by atoms with Gasteiger partial charge in [-0.2, -0.15) is 5.10 Å². The molecule has 1 N–H and O–H groups in total. The van der Waals surface area contributed by atoms with Gasteiger partial charge in [0.2, 0.25) is 5.88 Å². The number of carbonyl (C=O) groups excluding carboxylic acids is 1. The first kappa shape index (κ1) is 25.8. The minimum absolute atomic E-state index is 0.0337. The zero-order valence-corrected chi connectivity index (χ0v) is 20.4. The second kappa shape index (κ2) is 12.0. The van der Waals surface area contributed by atoms with Crippen molar-refractivity contribution in [1.82, 2.24) is 19.7 Å². The molecule has 0 aliphatic heterocycles. The highest BCUT2D eigenvalue weighted by Crippen LogP contribution is 2.16. The summed E-state index contributed by atoms with van der Waals surface area (Å²) in [6.45, 7) is 0.377. The highest BCUT2D eigenvalue weighted by Gasteiger charge is 2.19. The number of nitrogens with one attached hydrogen (secondary N) is 1. The van der Waals surface area contributed by atoms with E-state index in [0.29, 0.717) is 24.3 Å². The van der Waals surface area contributed by atoms with Crippen LogP contribution >= 0.6 is 0 Å². The molecule has 1 amide bonds. The van der Waals surface area contributed by atoms with E-state index in [4.69, 9.17) is 14.3 Å². The van der Waals surface area contributed by atoms with Crippen LogP contribution in [0.5, 0.6) is 5.88 Å². The fourth-order valence-electron chi connectivity index (χ4n) is 2.92. The van der Waals surface area contributed by atoms with Gasteiger partial charge in [-0.25, -0.2) is 18.4 Å². The lowest BCUT2D eigenvalue weighted by Crippen LogP contribution is -2.25. The van der Waals surface area contributed by atoms with E-state index in [1.165, 1.54) is 50.9 Å². The van der Waals surface area contributed by atoms with Crippen LogP contribution in [0.15, 0.2) is 59.0 Å². The number of methoxy groups -OCH3 is 2. The maximum Gasteiger partial charge on any atom is 0.279 e. The Balaban J connectivity index is 1.82. The standard InChI is InChI=1S/C22H26N6O6S/c1-28-10-9-17(26-28)15-34-27-21(22(29)25-19-13-24-20(33-3)14-23-19)16-5-7-18(8-6-16)35(30,31)12-4-11-32-2/h5-10,13-14H,4,11-12,15H2,1-3H3,(H,23,25,29). The van der Waals surface area contributed by atoms with Gasteiger partial charge < -0.3 is 19.6 Å². The molecule has 0 atom stereocenters. The van der Waals surface area contributed by atoms with E-state index < -0.39 is 15.7 Å². The molecule has 0 aliphatic carbocycles. The number of rotatable bonds is 12. The average Bonchev–Trinajstić information content (AvgIpc) is 3.27. The summed E-state index contributed by atoms with van der Waals surface area (Å²) < 4.78 is 36.5. The number of sulfone groups is 1. The molecule has 0 saturated carbocycles. The molecule has 1 aromatic carbocycles. The number of anilines is 1. The van der Waals surface area contributed by atoms with E-state index >= 15 is 0 Å². The van der Waals surface area contributed by atoms with Crippen molar-refractivity contribution in [1.29, 1.82) is 0 Å². The van der Waals surface area contributed by atoms with Gasteiger partial charge in [0.05, 0.1) is 30.2 Å². The van der Waals surface area contributed by atoms with Gasteiger partial charge in [0.25, 0.3) is 5.91 Å². The lowest BCUT2D eigenvalue weighted by molar-refractivity contribution is -0.110. The van der Waals surface area contributed by atoms with Crippen molar-refractivity contribution in [2.75, 3.05) is 31.9 Å². The highest BCUT2D eigenvalue weighted by atomic mass is 32.2. The van der Waals surface area contributed by atoms with Gasteiger partial charge in [-0.3, -0.25) is 9.48 Å². The maximum atomic E-state index is 13.0.